The molecule has 2 rings (SSSR count). The van der Waals surface area contributed by atoms with Gasteiger partial charge in [0.15, 0.2) is 6.79 Å². The van der Waals surface area contributed by atoms with Gasteiger partial charge in [0.2, 0.25) is 0 Å². The molecular weight excluding hydrogens is 359 g/mol. The quantitative estimate of drug-likeness (QED) is 0.200. The van der Waals surface area contributed by atoms with Gasteiger partial charge in [-0.15, -0.1) is 0 Å². The SMILES string of the molecule is CC[SH]=COCOP(=O)(OCc1ccccc1)OCc1ccccc1. The molecule has 0 bridgehead atoms. The molecule has 0 aliphatic heterocycles. The number of phosphoric acid groups is 1. The van der Waals surface area contributed by atoms with Crippen molar-refractivity contribution < 1.29 is 22.9 Å². The molecule has 5 nitrogen and oxygen atoms in total. The highest BCUT2D eigenvalue weighted by Gasteiger charge is 2.27. The minimum atomic E-state index is -3.75. The minimum Gasteiger partial charge on any atom is -0.321 e. The molecule has 0 aromatic heterocycles. The molecule has 0 fully saturated rings. The van der Waals surface area contributed by atoms with Gasteiger partial charge in [0.25, 0.3) is 0 Å². The van der Waals surface area contributed by atoms with Crippen LogP contribution in [-0.4, -0.2) is 18.1 Å². The van der Waals surface area contributed by atoms with Gasteiger partial charge in [-0.05, 0) is 16.9 Å². The molecule has 0 heterocycles. The van der Waals surface area contributed by atoms with E-state index < -0.39 is 7.82 Å². The third-order valence-electron chi connectivity index (χ3n) is 3.07. The topological polar surface area (TPSA) is 54.0 Å². The molecule has 0 saturated carbocycles. The molecule has 0 radical (unpaired) electrons. The van der Waals surface area contributed by atoms with Gasteiger partial charge < -0.3 is 4.74 Å². The first kappa shape index (κ1) is 20.0. The molecule has 0 spiro atoms. The minimum absolute atomic E-state index is 0.129. The lowest BCUT2D eigenvalue weighted by Crippen LogP contribution is -2.04. The fourth-order valence-electron chi connectivity index (χ4n) is 1.82. The highest BCUT2D eigenvalue weighted by Crippen LogP contribution is 2.50. The molecule has 0 N–H and O–H groups in total. The van der Waals surface area contributed by atoms with Crippen LogP contribution in [0, 0.1) is 0 Å². The smallest absolute Gasteiger partial charge is 0.321 e. The molecule has 136 valence electrons. The zero-order valence-corrected chi connectivity index (χ0v) is 15.9. The van der Waals surface area contributed by atoms with Crippen molar-refractivity contribution in [3.8, 4) is 0 Å². The normalized spacial score (nSPS) is 12.2. The summed E-state index contributed by atoms with van der Waals surface area (Å²) in [7, 11) is -3.75. The number of benzene rings is 2. The van der Waals surface area contributed by atoms with Crippen LogP contribution in [-0.2, 0) is 36.1 Å². The molecule has 0 saturated heterocycles. The van der Waals surface area contributed by atoms with Crippen molar-refractivity contribution >= 4 is 24.7 Å². The summed E-state index contributed by atoms with van der Waals surface area (Å²) in [4.78, 5) is 0. The Morgan fingerprint density at radius 1 is 0.880 bits per heavy atom. The zero-order valence-electron chi connectivity index (χ0n) is 14.1. The predicted molar refractivity (Wildman–Crippen MR) is 103 cm³/mol. The molecule has 0 aliphatic carbocycles. The Bertz CT molecular complexity index is 631. The fraction of sp³-hybridized carbons (Fsp3) is 0.278. The zero-order chi connectivity index (χ0) is 17.8. The summed E-state index contributed by atoms with van der Waals surface area (Å²) in [5.74, 6) is 0.937. The van der Waals surface area contributed by atoms with Crippen LogP contribution >= 0.6 is 19.2 Å². The van der Waals surface area contributed by atoms with E-state index in [4.69, 9.17) is 18.3 Å². The van der Waals surface area contributed by atoms with E-state index in [1.54, 1.807) is 5.55 Å². The van der Waals surface area contributed by atoms with E-state index in [9.17, 15) is 4.57 Å². The summed E-state index contributed by atoms with van der Waals surface area (Å²) >= 11 is 1.02. The Balaban J connectivity index is 1.93. The maximum atomic E-state index is 12.8. The van der Waals surface area contributed by atoms with E-state index >= 15 is 0 Å². The predicted octanol–water partition coefficient (Wildman–Crippen LogP) is 4.76. The van der Waals surface area contributed by atoms with Crippen molar-refractivity contribution in [2.45, 2.75) is 20.1 Å². The van der Waals surface area contributed by atoms with Crippen LogP contribution in [0.4, 0.5) is 0 Å². The van der Waals surface area contributed by atoms with Crippen LogP contribution in [0.2, 0.25) is 0 Å². The second-order valence-corrected chi connectivity index (χ2v) is 7.86. The van der Waals surface area contributed by atoms with Crippen LogP contribution in [0.1, 0.15) is 18.1 Å². The van der Waals surface area contributed by atoms with Crippen LogP contribution < -0.4 is 0 Å². The maximum Gasteiger partial charge on any atom is 0.477 e. The number of rotatable bonds is 11. The Hall–Kier alpha value is -1.27. The highest BCUT2D eigenvalue weighted by molar-refractivity contribution is 7.97. The molecular formula is C18H23O5PS. The van der Waals surface area contributed by atoms with Gasteiger partial charge in [0, 0.05) is 0 Å². The van der Waals surface area contributed by atoms with Crippen LogP contribution in [0.15, 0.2) is 60.7 Å². The number of hydrogen-bond donors (Lipinski definition) is 1. The summed E-state index contributed by atoms with van der Waals surface area (Å²) in [5.41, 5.74) is 3.36. The molecule has 0 unspecified atom stereocenters. The van der Waals surface area contributed by atoms with Gasteiger partial charge in [0.05, 0.1) is 18.8 Å². The number of phosphoric ester groups is 1. The number of ether oxygens (including phenoxy) is 1. The lowest BCUT2D eigenvalue weighted by atomic mass is 10.2. The number of thiol groups is 1. The number of hydrogen-bond acceptors (Lipinski definition) is 5. The molecule has 0 atom stereocenters. The van der Waals surface area contributed by atoms with Crippen molar-refractivity contribution in [1.29, 1.82) is 0 Å². The van der Waals surface area contributed by atoms with E-state index in [-0.39, 0.29) is 20.0 Å². The van der Waals surface area contributed by atoms with Gasteiger partial charge >= 0.3 is 7.82 Å². The Labute approximate surface area is 152 Å². The Kier molecular flexibility index (Phi) is 9.11. The van der Waals surface area contributed by atoms with E-state index in [1.165, 1.54) is 0 Å². The van der Waals surface area contributed by atoms with Gasteiger partial charge in [-0.1, -0.05) is 67.6 Å². The maximum absolute atomic E-state index is 12.8. The van der Waals surface area contributed by atoms with E-state index in [0.29, 0.717) is 0 Å². The molecule has 0 amide bonds. The second-order valence-electron chi connectivity index (χ2n) is 4.98. The van der Waals surface area contributed by atoms with Crippen LogP contribution in [0.5, 0.6) is 0 Å². The van der Waals surface area contributed by atoms with E-state index in [2.05, 4.69) is 0 Å². The fourth-order valence-corrected chi connectivity index (χ4v) is 3.16. The van der Waals surface area contributed by atoms with Gasteiger partial charge in [-0.3, -0.25) is 13.6 Å². The first-order valence-corrected chi connectivity index (χ1v) is 10.5. The second kappa shape index (κ2) is 11.4. The van der Waals surface area contributed by atoms with Crippen molar-refractivity contribution in [2.24, 2.45) is 0 Å². The lowest BCUT2D eigenvalue weighted by Gasteiger charge is -2.17. The summed E-state index contributed by atoms with van der Waals surface area (Å²) in [6.07, 6.45) is 0. The van der Waals surface area contributed by atoms with Gasteiger partial charge in [-0.25, -0.2) is 4.57 Å². The Morgan fingerprint density at radius 3 is 1.88 bits per heavy atom. The van der Waals surface area contributed by atoms with Crippen molar-refractivity contribution in [2.75, 3.05) is 12.5 Å². The molecule has 2 aromatic carbocycles. The van der Waals surface area contributed by atoms with Crippen molar-refractivity contribution in [3.05, 3.63) is 71.8 Å². The lowest BCUT2D eigenvalue weighted by molar-refractivity contribution is 0.0434. The van der Waals surface area contributed by atoms with Crippen molar-refractivity contribution in [1.82, 2.24) is 0 Å². The van der Waals surface area contributed by atoms with Crippen LogP contribution in [0.25, 0.3) is 0 Å². The monoisotopic (exact) mass is 382 g/mol. The highest BCUT2D eigenvalue weighted by atomic mass is 32.1. The first-order valence-electron chi connectivity index (χ1n) is 7.93. The average molecular weight is 382 g/mol. The summed E-state index contributed by atoms with van der Waals surface area (Å²) in [5, 5.41) is 0. The molecule has 7 heteroatoms. The standard InChI is InChI=1S/C18H23O5PS/c1-2-25-16-20-15-23-24(19,21-13-17-9-5-3-6-10-17)22-14-18-11-7-4-8-12-18/h3-12,16,25H,2,13-15H2,1H3. The van der Waals surface area contributed by atoms with Gasteiger partial charge in [0.1, 0.15) is 0 Å². The van der Waals surface area contributed by atoms with Gasteiger partial charge in [-0.2, -0.15) is 11.4 Å². The summed E-state index contributed by atoms with van der Waals surface area (Å²) in [6.45, 7) is 2.10. The summed E-state index contributed by atoms with van der Waals surface area (Å²) < 4.78 is 34.2. The largest absolute Gasteiger partial charge is 0.477 e. The van der Waals surface area contributed by atoms with Crippen LogP contribution in [0.3, 0.4) is 0 Å². The Morgan fingerprint density at radius 2 is 1.40 bits per heavy atom. The van der Waals surface area contributed by atoms with E-state index in [1.807, 2.05) is 67.6 Å². The third-order valence-corrected chi connectivity index (χ3v) is 5.05. The molecule has 0 aliphatic rings. The molecule has 25 heavy (non-hydrogen) atoms. The average Bonchev–Trinajstić information content (AvgIpc) is 2.67. The summed E-state index contributed by atoms with van der Waals surface area (Å²) in [6, 6.07) is 18.9. The first-order chi connectivity index (χ1) is 12.2. The van der Waals surface area contributed by atoms with E-state index in [0.717, 1.165) is 28.2 Å². The molecule has 2 aromatic rings. The third kappa shape index (κ3) is 8.10. The van der Waals surface area contributed by atoms with Crippen molar-refractivity contribution in [3.63, 3.8) is 0 Å².